The number of anilines is 1. The van der Waals surface area contributed by atoms with Gasteiger partial charge in [0, 0.05) is 28.7 Å². The molecular weight excluding hydrogens is 415 g/mol. The molecule has 0 bridgehead atoms. The average Bonchev–Trinajstić information content (AvgIpc) is 2.78. The Balaban J connectivity index is 1.49. The Morgan fingerprint density at radius 2 is 1.84 bits per heavy atom. The van der Waals surface area contributed by atoms with Crippen molar-refractivity contribution in [3.05, 3.63) is 71.4 Å². The highest BCUT2D eigenvalue weighted by Gasteiger charge is 2.34. The van der Waals surface area contributed by atoms with Gasteiger partial charge in [0.05, 0.1) is 5.52 Å². The maximum absolute atomic E-state index is 13.4. The second-order valence-electron chi connectivity index (χ2n) is 8.30. The van der Waals surface area contributed by atoms with Crippen LogP contribution in [0.5, 0.6) is 0 Å². The van der Waals surface area contributed by atoms with Crippen LogP contribution in [-0.2, 0) is 12.6 Å². The van der Waals surface area contributed by atoms with Crippen LogP contribution < -0.4 is 10.6 Å². The van der Waals surface area contributed by atoms with Gasteiger partial charge in [0.1, 0.15) is 5.69 Å². The maximum Gasteiger partial charge on any atom is 0.433 e. The van der Waals surface area contributed by atoms with Crippen molar-refractivity contribution in [2.24, 2.45) is 0 Å². The van der Waals surface area contributed by atoms with Crippen LogP contribution in [-0.4, -0.2) is 23.0 Å². The number of benzene rings is 2. The van der Waals surface area contributed by atoms with E-state index in [0.29, 0.717) is 28.6 Å². The van der Waals surface area contributed by atoms with Gasteiger partial charge in [-0.2, -0.15) is 13.2 Å². The maximum atomic E-state index is 13.4. The van der Waals surface area contributed by atoms with Crippen molar-refractivity contribution in [3.8, 4) is 0 Å². The van der Waals surface area contributed by atoms with E-state index in [1.54, 1.807) is 30.3 Å². The van der Waals surface area contributed by atoms with Crippen LogP contribution in [0.4, 0.5) is 18.9 Å². The molecule has 0 unspecified atom stereocenters. The van der Waals surface area contributed by atoms with Crippen LogP contribution in [0.25, 0.3) is 10.9 Å². The summed E-state index contributed by atoms with van der Waals surface area (Å²) in [4.78, 5) is 16.5. The van der Waals surface area contributed by atoms with E-state index in [-0.39, 0.29) is 18.0 Å². The van der Waals surface area contributed by atoms with Gasteiger partial charge in [0.15, 0.2) is 0 Å². The Kier molecular flexibility index (Phi) is 6.35. The molecule has 7 heteroatoms. The van der Waals surface area contributed by atoms with E-state index < -0.39 is 11.9 Å². The number of alkyl halides is 3. The average molecular weight is 441 g/mol. The molecule has 4 nitrogen and oxygen atoms in total. The predicted molar refractivity (Wildman–Crippen MR) is 120 cm³/mol. The molecule has 2 atom stereocenters. The van der Waals surface area contributed by atoms with Crippen molar-refractivity contribution in [2.45, 2.75) is 57.3 Å². The number of para-hydroxylation sites is 1. The molecule has 0 spiro atoms. The molecule has 4 rings (SSSR count). The molecule has 1 aromatic heterocycles. The molecule has 3 aromatic rings. The number of carbonyl (C=O) groups is 1. The molecule has 2 aromatic carbocycles. The van der Waals surface area contributed by atoms with Gasteiger partial charge < -0.3 is 10.6 Å². The fraction of sp³-hybridized carbons (Fsp3) is 0.360. The first-order chi connectivity index (χ1) is 15.3. The van der Waals surface area contributed by atoms with Crippen LogP contribution >= 0.6 is 0 Å². The number of pyridine rings is 1. The van der Waals surface area contributed by atoms with Crippen molar-refractivity contribution in [1.82, 2.24) is 10.3 Å². The highest BCUT2D eigenvalue weighted by Crippen LogP contribution is 2.34. The van der Waals surface area contributed by atoms with Crippen LogP contribution in [0.2, 0.25) is 0 Å². The Hall–Kier alpha value is -3.09. The summed E-state index contributed by atoms with van der Waals surface area (Å²) >= 11 is 0. The van der Waals surface area contributed by atoms with E-state index in [2.05, 4.69) is 15.6 Å². The summed E-state index contributed by atoms with van der Waals surface area (Å²) in [5, 5.41) is 7.07. The molecule has 1 heterocycles. The number of amides is 1. The van der Waals surface area contributed by atoms with Gasteiger partial charge in [-0.15, -0.1) is 0 Å². The second-order valence-corrected chi connectivity index (χ2v) is 8.30. The summed E-state index contributed by atoms with van der Waals surface area (Å²) < 4.78 is 40.1. The van der Waals surface area contributed by atoms with Crippen molar-refractivity contribution >= 4 is 22.5 Å². The van der Waals surface area contributed by atoms with E-state index in [1.807, 2.05) is 25.1 Å². The number of nitrogens with one attached hydrogen (secondary N) is 2. The fourth-order valence-electron chi connectivity index (χ4n) is 4.31. The minimum absolute atomic E-state index is 0.0331. The lowest BCUT2D eigenvalue weighted by Crippen LogP contribution is -2.41. The lowest BCUT2D eigenvalue weighted by atomic mass is 9.90. The Morgan fingerprint density at radius 3 is 2.62 bits per heavy atom. The normalized spacial score (nSPS) is 19.0. The Bertz CT molecular complexity index is 1110. The minimum atomic E-state index is -4.52. The van der Waals surface area contributed by atoms with E-state index >= 15 is 0 Å². The zero-order valence-electron chi connectivity index (χ0n) is 17.9. The molecule has 2 N–H and O–H groups in total. The molecule has 0 aliphatic heterocycles. The molecule has 32 heavy (non-hydrogen) atoms. The summed E-state index contributed by atoms with van der Waals surface area (Å²) in [7, 11) is 0. The first-order valence-corrected chi connectivity index (χ1v) is 11.0. The molecule has 0 saturated heterocycles. The molecule has 1 amide bonds. The zero-order chi connectivity index (χ0) is 22.7. The third kappa shape index (κ3) is 5.03. The largest absolute Gasteiger partial charge is 0.433 e. The molecule has 1 fully saturated rings. The van der Waals surface area contributed by atoms with Crippen molar-refractivity contribution in [2.75, 3.05) is 5.32 Å². The number of halogens is 3. The molecule has 168 valence electrons. The van der Waals surface area contributed by atoms with Crippen LogP contribution in [0.1, 0.15) is 54.2 Å². The van der Waals surface area contributed by atoms with Gasteiger partial charge in [-0.3, -0.25) is 4.79 Å². The third-order valence-corrected chi connectivity index (χ3v) is 5.97. The third-order valence-electron chi connectivity index (χ3n) is 5.97. The predicted octanol–water partition coefficient (Wildman–Crippen LogP) is 5.97. The van der Waals surface area contributed by atoms with Gasteiger partial charge >= 0.3 is 6.18 Å². The topological polar surface area (TPSA) is 54.0 Å². The summed E-state index contributed by atoms with van der Waals surface area (Å²) in [6.07, 6.45) is -0.450. The van der Waals surface area contributed by atoms with E-state index in [0.717, 1.165) is 37.3 Å². The number of nitrogens with zero attached hydrogens (tertiary/aromatic N) is 1. The molecule has 0 radical (unpaired) electrons. The SMILES string of the molecule is CCc1cccc(C(=O)N[C@@H]2CCC[C@H](Nc3cc(C(F)(F)F)nc4ccccc34)C2)c1. The monoisotopic (exact) mass is 441 g/mol. The minimum Gasteiger partial charge on any atom is -0.382 e. The number of hydrogen-bond donors (Lipinski definition) is 2. The summed E-state index contributed by atoms with van der Waals surface area (Å²) in [5.74, 6) is -0.111. The summed E-state index contributed by atoms with van der Waals surface area (Å²) in [6, 6.07) is 15.4. The number of carbonyl (C=O) groups excluding carboxylic acids is 1. The fourth-order valence-corrected chi connectivity index (χ4v) is 4.31. The molecule has 1 saturated carbocycles. The van der Waals surface area contributed by atoms with E-state index in [1.165, 1.54) is 0 Å². The van der Waals surface area contributed by atoms with Gasteiger partial charge in [-0.1, -0.05) is 37.3 Å². The second kappa shape index (κ2) is 9.18. The summed E-state index contributed by atoms with van der Waals surface area (Å²) in [5.41, 5.74) is 1.56. The molecule has 1 aliphatic carbocycles. The zero-order valence-corrected chi connectivity index (χ0v) is 17.9. The highest BCUT2D eigenvalue weighted by atomic mass is 19.4. The quantitative estimate of drug-likeness (QED) is 0.513. The van der Waals surface area contributed by atoms with Crippen molar-refractivity contribution < 1.29 is 18.0 Å². The lowest BCUT2D eigenvalue weighted by molar-refractivity contribution is -0.140. The number of aryl methyl sites for hydroxylation is 1. The smallest absolute Gasteiger partial charge is 0.382 e. The van der Waals surface area contributed by atoms with Crippen LogP contribution in [0.15, 0.2) is 54.6 Å². The molecular formula is C25H26F3N3O. The summed E-state index contributed by atoms with van der Waals surface area (Å²) in [6.45, 7) is 2.04. The van der Waals surface area contributed by atoms with E-state index in [9.17, 15) is 18.0 Å². The molecule has 1 aliphatic rings. The van der Waals surface area contributed by atoms with Gasteiger partial charge in [-0.25, -0.2) is 4.98 Å². The van der Waals surface area contributed by atoms with Gasteiger partial charge in [-0.05, 0) is 61.9 Å². The van der Waals surface area contributed by atoms with E-state index in [4.69, 9.17) is 0 Å². The van der Waals surface area contributed by atoms with Crippen molar-refractivity contribution in [3.63, 3.8) is 0 Å². The Labute approximate surface area is 185 Å². The number of fused-ring (bicyclic) bond motifs is 1. The Morgan fingerprint density at radius 1 is 1.06 bits per heavy atom. The lowest BCUT2D eigenvalue weighted by Gasteiger charge is -2.31. The number of aromatic nitrogens is 1. The van der Waals surface area contributed by atoms with Crippen molar-refractivity contribution in [1.29, 1.82) is 0 Å². The number of rotatable bonds is 5. The number of hydrogen-bond acceptors (Lipinski definition) is 3. The van der Waals surface area contributed by atoms with Crippen LogP contribution in [0, 0.1) is 0 Å². The highest BCUT2D eigenvalue weighted by molar-refractivity contribution is 5.94. The standard InChI is InChI=1S/C25H26F3N3O/c1-2-16-7-5-8-17(13-16)24(32)30-19-10-6-9-18(14-19)29-22-15-23(25(26,27)28)31-21-12-4-3-11-20(21)22/h3-5,7-8,11-13,15,18-19H,2,6,9-10,14H2,1H3,(H,29,31)(H,30,32)/t18-,19+/m0/s1. The van der Waals surface area contributed by atoms with Gasteiger partial charge in [0.2, 0.25) is 0 Å². The first kappa shape index (κ1) is 22.1. The first-order valence-electron chi connectivity index (χ1n) is 11.0. The van der Waals surface area contributed by atoms with Gasteiger partial charge in [0.25, 0.3) is 5.91 Å². The van der Waals surface area contributed by atoms with Crippen LogP contribution in [0.3, 0.4) is 0 Å².